The number of fused-ring (bicyclic) bond motifs is 1. The SMILES string of the molecule is [2H]C([2H])([2H])c1ccc2c(c1)nc(-c1c(F)cc(Br)cc1F)n2C[C@H]1CN(C(=O)OC(C)(C)C)CCO1. The van der Waals surface area contributed by atoms with Gasteiger partial charge in [0.1, 0.15) is 23.1 Å². The zero-order valence-corrected chi connectivity index (χ0v) is 20.1. The fourth-order valence-corrected chi connectivity index (χ4v) is 4.19. The zero-order valence-electron chi connectivity index (χ0n) is 21.5. The summed E-state index contributed by atoms with van der Waals surface area (Å²) in [4.78, 5) is 18.6. The van der Waals surface area contributed by atoms with Crippen molar-refractivity contribution in [3.05, 3.63) is 52.0 Å². The highest BCUT2D eigenvalue weighted by Crippen LogP contribution is 2.32. The van der Waals surface area contributed by atoms with Crippen LogP contribution in [0.3, 0.4) is 0 Å². The van der Waals surface area contributed by atoms with Gasteiger partial charge in [0.25, 0.3) is 0 Å². The highest BCUT2D eigenvalue weighted by Gasteiger charge is 2.30. The van der Waals surface area contributed by atoms with E-state index in [0.29, 0.717) is 12.1 Å². The molecular weight excluding hydrogens is 496 g/mol. The molecular formula is C24H26BrF2N3O3. The lowest BCUT2D eigenvalue weighted by Gasteiger charge is -2.34. The van der Waals surface area contributed by atoms with Crippen molar-refractivity contribution >= 4 is 33.1 Å². The molecule has 0 saturated carbocycles. The Balaban J connectivity index is 1.75. The summed E-state index contributed by atoms with van der Waals surface area (Å²) in [5.41, 5.74) is -0.175. The third-order valence-corrected chi connectivity index (χ3v) is 5.61. The molecule has 9 heteroatoms. The van der Waals surface area contributed by atoms with Crippen LogP contribution in [-0.2, 0) is 16.0 Å². The quantitative estimate of drug-likeness (QED) is 0.441. The first-order valence-electron chi connectivity index (χ1n) is 12.0. The Morgan fingerprint density at radius 3 is 2.70 bits per heavy atom. The summed E-state index contributed by atoms with van der Waals surface area (Å²) in [6, 6.07) is 6.68. The number of benzene rings is 2. The van der Waals surface area contributed by atoms with Crippen molar-refractivity contribution in [3.63, 3.8) is 0 Å². The molecule has 0 bridgehead atoms. The molecule has 0 N–H and O–H groups in total. The summed E-state index contributed by atoms with van der Waals surface area (Å²) in [5.74, 6) is -1.66. The first-order valence-corrected chi connectivity index (χ1v) is 11.3. The van der Waals surface area contributed by atoms with Crippen molar-refractivity contribution in [1.29, 1.82) is 0 Å². The first-order chi connectivity index (χ1) is 16.7. The normalized spacial score (nSPS) is 18.7. The summed E-state index contributed by atoms with van der Waals surface area (Å²) < 4.78 is 66.2. The van der Waals surface area contributed by atoms with Gasteiger partial charge < -0.3 is 18.9 Å². The fourth-order valence-electron chi connectivity index (χ4n) is 3.79. The Morgan fingerprint density at radius 2 is 2.03 bits per heavy atom. The van der Waals surface area contributed by atoms with Crippen LogP contribution in [0.2, 0.25) is 0 Å². The van der Waals surface area contributed by atoms with Gasteiger partial charge in [0.15, 0.2) is 0 Å². The molecule has 1 aliphatic rings. The van der Waals surface area contributed by atoms with Crippen LogP contribution < -0.4 is 0 Å². The third kappa shape index (κ3) is 5.19. The maximum atomic E-state index is 15.0. The van der Waals surface area contributed by atoms with Crippen LogP contribution in [0.5, 0.6) is 0 Å². The average Bonchev–Trinajstić information content (AvgIpc) is 3.08. The number of carbonyl (C=O) groups is 1. The van der Waals surface area contributed by atoms with E-state index < -0.39 is 36.3 Å². The van der Waals surface area contributed by atoms with E-state index in [9.17, 15) is 13.6 Å². The van der Waals surface area contributed by atoms with Crippen molar-refractivity contribution in [2.24, 2.45) is 0 Å². The topological polar surface area (TPSA) is 56.6 Å². The van der Waals surface area contributed by atoms with Gasteiger partial charge in [-0.25, -0.2) is 18.6 Å². The number of amides is 1. The molecule has 0 radical (unpaired) electrons. The Kier molecular flexibility index (Phi) is 5.44. The minimum atomic E-state index is -2.37. The van der Waals surface area contributed by atoms with Gasteiger partial charge in [0.2, 0.25) is 0 Å². The molecule has 1 saturated heterocycles. The first kappa shape index (κ1) is 19.9. The zero-order chi connectivity index (χ0) is 26.4. The van der Waals surface area contributed by atoms with Crippen molar-refractivity contribution in [2.75, 3.05) is 19.7 Å². The van der Waals surface area contributed by atoms with E-state index in [1.165, 1.54) is 17.0 Å². The molecule has 176 valence electrons. The van der Waals surface area contributed by atoms with E-state index in [2.05, 4.69) is 20.9 Å². The van der Waals surface area contributed by atoms with Crippen molar-refractivity contribution in [3.8, 4) is 11.4 Å². The van der Waals surface area contributed by atoms with Crippen molar-refractivity contribution < 1.29 is 27.2 Å². The van der Waals surface area contributed by atoms with Gasteiger partial charge in [0.05, 0.1) is 42.4 Å². The number of morpholine rings is 1. The maximum Gasteiger partial charge on any atom is 0.410 e. The van der Waals surface area contributed by atoms with Gasteiger partial charge >= 0.3 is 6.09 Å². The monoisotopic (exact) mass is 524 g/mol. The molecule has 1 fully saturated rings. The van der Waals surface area contributed by atoms with E-state index in [4.69, 9.17) is 13.6 Å². The Hall–Kier alpha value is -2.52. The molecule has 2 aromatic carbocycles. The van der Waals surface area contributed by atoms with E-state index in [-0.39, 0.29) is 46.6 Å². The lowest BCUT2D eigenvalue weighted by Crippen LogP contribution is -2.48. The molecule has 1 atom stereocenters. The molecule has 0 aliphatic carbocycles. The van der Waals surface area contributed by atoms with Gasteiger partial charge in [-0.2, -0.15) is 0 Å². The summed E-state index contributed by atoms with van der Waals surface area (Å²) in [6.07, 6.45) is -0.995. The number of hydrogen-bond acceptors (Lipinski definition) is 4. The predicted molar refractivity (Wildman–Crippen MR) is 125 cm³/mol. The predicted octanol–water partition coefficient (Wildman–Crippen LogP) is 5.69. The summed E-state index contributed by atoms with van der Waals surface area (Å²) in [5, 5.41) is 0. The summed E-state index contributed by atoms with van der Waals surface area (Å²) in [7, 11) is 0. The minimum absolute atomic E-state index is 0.00631. The van der Waals surface area contributed by atoms with Crippen molar-refractivity contribution in [1.82, 2.24) is 14.5 Å². The van der Waals surface area contributed by atoms with Gasteiger partial charge in [-0.15, -0.1) is 0 Å². The van der Waals surface area contributed by atoms with Crippen LogP contribution in [0, 0.1) is 18.5 Å². The van der Waals surface area contributed by atoms with Crippen LogP contribution in [0.15, 0.2) is 34.8 Å². The van der Waals surface area contributed by atoms with Crippen LogP contribution >= 0.6 is 15.9 Å². The number of hydrogen-bond donors (Lipinski definition) is 0. The number of aromatic nitrogens is 2. The molecule has 1 aliphatic heterocycles. The van der Waals surface area contributed by atoms with Gasteiger partial charge in [0, 0.05) is 15.1 Å². The molecule has 1 amide bonds. The Labute approximate surface area is 203 Å². The maximum absolute atomic E-state index is 15.0. The number of ether oxygens (including phenoxy) is 2. The number of halogens is 3. The molecule has 1 aromatic heterocycles. The second-order valence-electron chi connectivity index (χ2n) is 8.91. The Bertz CT molecular complexity index is 1280. The highest BCUT2D eigenvalue weighted by molar-refractivity contribution is 9.10. The van der Waals surface area contributed by atoms with Gasteiger partial charge in [-0.1, -0.05) is 22.0 Å². The number of imidazole rings is 1. The minimum Gasteiger partial charge on any atom is -0.444 e. The van der Waals surface area contributed by atoms with E-state index in [1.807, 2.05) is 0 Å². The molecule has 0 spiro atoms. The number of nitrogens with zero attached hydrogens (tertiary/aromatic N) is 3. The second-order valence-corrected chi connectivity index (χ2v) is 9.83. The van der Waals surface area contributed by atoms with Crippen LogP contribution in [0.1, 0.15) is 30.4 Å². The highest BCUT2D eigenvalue weighted by atomic mass is 79.9. The summed E-state index contributed by atoms with van der Waals surface area (Å²) in [6.45, 7) is 3.90. The molecule has 2 heterocycles. The number of aryl methyl sites for hydroxylation is 1. The van der Waals surface area contributed by atoms with E-state index in [0.717, 1.165) is 12.1 Å². The average molecular weight is 525 g/mol. The second kappa shape index (κ2) is 9.02. The fraction of sp³-hybridized carbons (Fsp3) is 0.417. The molecule has 3 aromatic rings. The lowest BCUT2D eigenvalue weighted by molar-refractivity contribution is -0.0468. The third-order valence-electron chi connectivity index (χ3n) is 5.16. The number of carbonyl (C=O) groups excluding carboxylic acids is 1. The largest absolute Gasteiger partial charge is 0.444 e. The van der Waals surface area contributed by atoms with Crippen LogP contribution in [-0.4, -0.2) is 51.9 Å². The molecule has 33 heavy (non-hydrogen) atoms. The molecule has 6 nitrogen and oxygen atoms in total. The number of rotatable bonds is 3. The Morgan fingerprint density at radius 1 is 1.30 bits per heavy atom. The van der Waals surface area contributed by atoms with Crippen molar-refractivity contribution in [2.45, 2.75) is 45.9 Å². The van der Waals surface area contributed by atoms with Gasteiger partial charge in [-0.3, -0.25) is 0 Å². The standard InChI is InChI=1S/C24H26BrF2N3O3/c1-14-5-6-20-19(9-14)28-22(21-17(26)10-15(25)11-18(21)27)30(20)13-16-12-29(7-8-32-16)23(31)33-24(2,3)4/h5-6,9-11,16H,7-8,12-13H2,1-4H3/t16-/m1/s1/i1D3. The van der Waals surface area contributed by atoms with E-state index in [1.54, 1.807) is 31.4 Å². The molecule has 0 unspecified atom stereocenters. The molecule has 4 rings (SSSR count). The van der Waals surface area contributed by atoms with E-state index >= 15 is 0 Å². The van der Waals surface area contributed by atoms with Crippen LogP contribution in [0.4, 0.5) is 13.6 Å². The summed E-state index contributed by atoms with van der Waals surface area (Å²) >= 11 is 3.09. The lowest BCUT2D eigenvalue weighted by atomic mass is 10.1. The van der Waals surface area contributed by atoms with Gasteiger partial charge in [-0.05, 0) is 57.5 Å². The smallest absolute Gasteiger partial charge is 0.410 e. The van der Waals surface area contributed by atoms with Crippen LogP contribution in [0.25, 0.3) is 22.4 Å².